The number of aromatic nitrogens is 2. The molecule has 1 heterocycles. The summed E-state index contributed by atoms with van der Waals surface area (Å²) in [6, 6.07) is 0.504. The zero-order chi connectivity index (χ0) is 14.8. The zero-order valence-electron chi connectivity index (χ0n) is 13.6. The summed E-state index contributed by atoms with van der Waals surface area (Å²) in [5, 5.41) is 14.6. The summed E-state index contributed by atoms with van der Waals surface area (Å²) in [5.41, 5.74) is 0.457. The molecule has 0 amide bonds. The van der Waals surface area contributed by atoms with Crippen molar-refractivity contribution in [2.75, 3.05) is 0 Å². The topological polar surface area (TPSA) is 37.8 Å². The van der Waals surface area contributed by atoms with E-state index < -0.39 is 0 Å². The molecule has 1 aromatic rings. The van der Waals surface area contributed by atoms with Gasteiger partial charge in [0.25, 0.3) is 0 Å². The van der Waals surface area contributed by atoms with Crippen LogP contribution in [0.1, 0.15) is 76.2 Å². The van der Waals surface area contributed by atoms with Crippen molar-refractivity contribution in [3.63, 3.8) is 0 Å². The molecule has 2 rings (SSSR count). The van der Waals surface area contributed by atoms with Gasteiger partial charge in [-0.25, -0.2) is 0 Å². The van der Waals surface area contributed by atoms with Crippen LogP contribution in [-0.4, -0.2) is 16.2 Å². The van der Waals surface area contributed by atoms with Gasteiger partial charge in [0.1, 0.15) is 10.0 Å². The van der Waals surface area contributed by atoms with Crippen LogP contribution < -0.4 is 5.32 Å². The van der Waals surface area contributed by atoms with Crippen LogP contribution in [0.25, 0.3) is 0 Å². The Kier molecular flexibility index (Phi) is 5.19. The van der Waals surface area contributed by atoms with Crippen molar-refractivity contribution >= 4 is 11.3 Å². The summed E-state index contributed by atoms with van der Waals surface area (Å²) in [5.74, 6) is 1.52. The summed E-state index contributed by atoms with van der Waals surface area (Å²) in [7, 11) is 0. The largest absolute Gasteiger partial charge is 0.308 e. The van der Waals surface area contributed by atoms with E-state index in [0.717, 1.165) is 17.5 Å². The van der Waals surface area contributed by atoms with Gasteiger partial charge in [-0.15, -0.1) is 10.2 Å². The summed E-state index contributed by atoms with van der Waals surface area (Å²) in [6.45, 7) is 12.3. The third-order valence-electron chi connectivity index (χ3n) is 4.45. The van der Waals surface area contributed by atoms with Crippen LogP contribution in [0.3, 0.4) is 0 Å². The molecule has 0 spiro atoms. The van der Waals surface area contributed by atoms with E-state index in [0.29, 0.717) is 17.4 Å². The number of rotatable bonds is 4. The van der Waals surface area contributed by atoms with Crippen LogP contribution in [0, 0.1) is 11.3 Å². The van der Waals surface area contributed by atoms with E-state index in [4.69, 9.17) is 0 Å². The maximum Gasteiger partial charge on any atom is 0.131 e. The van der Waals surface area contributed by atoms with Gasteiger partial charge in [-0.3, -0.25) is 0 Å². The lowest BCUT2D eigenvalue weighted by Crippen LogP contribution is -2.25. The number of hydrogen-bond donors (Lipinski definition) is 1. The van der Waals surface area contributed by atoms with Crippen molar-refractivity contribution in [2.24, 2.45) is 11.3 Å². The maximum atomic E-state index is 4.43. The zero-order valence-corrected chi connectivity index (χ0v) is 14.4. The molecular formula is C16H29N3S. The minimum absolute atomic E-state index is 0.457. The van der Waals surface area contributed by atoms with Crippen LogP contribution in [0.2, 0.25) is 0 Å². The standard InChI is InChI=1S/C16H29N3S/c1-11(2)17-10-14-18-19-15(20-14)12-6-8-13(9-7-12)16(3,4)5/h11-13,17H,6-10H2,1-5H3. The van der Waals surface area contributed by atoms with Gasteiger partial charge in [-0.2, -0.15) is 0 Å². The van der Waals surface area contributed by atoms with Crippen molar-refractivity contribution in [2.45, 2.75) is 78.8 Å². The molecule has 0 aliphatic heterocycles. The Morgan fingerprint density at radius 3 is 2.35 bits per heavy atom. The van der Waals surface area contributed by atoms with Gasteiger partial charge in [0.05, 0.1) is 0 Å². The van der Waals surface area contributed by atoms with Gasteiger partial charge >= 0.3 is 0 Å². The molecule has 20 heavy (non-hydrogen) atoms. The molecule has 0 bridgehead atoms. The molecule has 3 nitrogen and oxygen atoms in total. The van der Waals surface area contributed by atoms with Crippen molar-refractivity contribution in [3.05, 3.63) is 10.0 Å². The SMILES string of the molecule is CC(C)NCc1nnc(C2CCC(C(C)(C)C)CC2)s1. The van der Waals surface area contributed by atoms with Gasteiger partial charge < -0.3 is 5.32 Å². The molecule has 1 fully saturated rings. The van der Waals surface area contributed by atoms with E-state index in [-0.39, 0.29) is 0 Å². The number of nitrogens with zero attached hydrogens (tertiary/aromatic N) is 2. The van der Waals surface area contributed by atoms with Gasteiger partial charge in [0.2, 0.25) is 0 Å². The molecular weight excluding hydrogens is 266 g/mol. The molecule has 1 N–H and O–H groups in total. The van der Waals surface area contributed by atoms with Crippen molar-refractivity contribution in [3.8, 4) is 0 Å². The van der Waals surface area contributed by atoms with Crippen LogP contribution in [0.5, 0.6) is 0 Å². The first-order chi connectivity index (χ1) is 9.36. The summed E-state index contributed by atoms with van der Waals surface area (Å²) >= 11 is 1.81. The van der Waals surface area contributed by atoms with Crippen molar-refractivity contribution in [1.82, 2.24) is 15.5 Å². The summed E-state index contributed by atoms with van der Waals surface area (Å²) in [6.07, 6.45) is 5.25. The molecule has 1 saturated carbocycles. The molecule has 0 unspecified atom stereocenters. The normalized spacial score (nSPS) is 24.3. The molecule has 4 heteroatoms. The molecule has 0 saturated heterocycles. The smallest absolute Gasteiger partial charge is 0.131 e. The van der Waals surface area contributed by atoms with Crippen LogP contribution in [-0.2, 0) is 6.54 Å². The monoisotopic (exact) mass is 295 g/mol. The highest BCUT2D eigenvalue weighted by Gasteiger charge is 2.31. The van der Waals surface area contributed by atoms with E-state index in [1.165, 1.54) is 30.7 Å². The average molecular weight is 295 g/mol. The second-order valence-electron chi connectivity index (χ2n) is 7.48. The van der Waals surface area contributed by atoms with Crippen LogP contribution >= 0.6 is 11.3 Å². The van der Waals surface area contributed by atoms with E-state index in [1.54, 1.807) is 11.3 Å². The Hall–Kier alpha value is -0.480. The third kappa shape index (κ3) is 4.26. The van der Waals surface area contributed by atoms with Gasteiger partial charge in [-0.05, 0) is 37.0 Å². The Morgan fingerprint density at radius 1 is 1.15 bits per heavy atom. The molecule has 1 aromatic heterocycles. The van der Waals surface area contributed by atoms with E-state index in [9.17, 15) is 0 Å². The first kappa shape index (κ1) is 15.9. The second-order valence-corrected chi connectivity index (χ2v) is 8.58. The maximum absolute atomic E-state index is 4.43. The number of hydrogen-bond acceptors (Lipinski definition) is 4. The predicted octanol–water partition coefficient (Wildman–Crippen LogP) is 4.36. The van der Waals surface area contributed by atoms with Crippen molar-refractivity contribution in [1.29, 1.82) is 0 Å². The molecule has 0 aromatic carbocycles. The Balaban J connectivity index is 1.88. The fourth-order valence-corrected chi connectivity index (χ4v) is 3.96. The van der Waals surface area contributed by atoms with Crippen LogP contribution in [0.4, 0.5) is 0 Å². The van der Waals surface area contributed by atoms with E-state index in [2.05, 4.69) is 50.1 Å². The lowest BCUT2D eigenvalue weighted by Gasteiger charge is -2.36. The minimum atomic E-state index is 0.457. The van der Waals surface area contributed by atoms with Crippen molar-refractivity contribution < 1.29 is 0 Å². The first-order valence-electron chi connectivity index (χ1n) is 7.92. The predicted molar refractivity (Wildman–Crippen MR) is 86.0 cm³/mol. The second kappa shape index (κ2) is 6.52. The van der Waals surface area contributed by atoms with Gasteiger partial charge in [-0.1, -0.05) is 46.0 Å². The van der Waals surface area contributed by atoms with Gasteiger partial charge in [0, 0.05) is 18.5 Å². The molecule has 1 aliphatic carbocycles. The highest BCUT2D eigenvalue weighted by Crippen LogP contribution is 2.43. The minimum Gasteiger partial charge on any atom is -0.308 e. The fraction of sp³-hybridized carbons (Fsp3) is 0.875. The summed E-state index contributed by atoms with van der Waals surface area (Å²) in [4.78, 5) is 0. The lowest BCUT2D eigenvalue weighted by atomic mass is 9.70. The first-order valence-corrected chi connectivity index (χ1v) is 8.73. The number of nitrogens with one attached hydrogen (secondary N) is 1. The lowest BCUT2D eigenvalue weighted by molar-refractivity contribution is 0.169. The third-order valence-corrected chi connectivity index (χ3v) is 5.53. The molecule has 1 aliphatic rings. The Labute approximate surface area is 127 Å². The van der Waals surface area contributed by atoms with Crippen LogP contribution in [0.15, 0.2) is 0 Å². The quantitative estimate of drug-likeness (QED) is 0.897. The highest BCUT2D eigenvalue weighted by molar-refractivity contribution is 7.11. The fourth-order valence-electron chi connectivity index (χ4n) is 3.00. The van der Waals surface area contributed by atoms with E-state index in [1.807, 2.05) is 0 Å². The average Bonchev–Trinajstić information content (AvgIpc) is 2.84. The highest BCUT2D eigenvalue weighted by atomic mass is 32.1. The summed E-state index contributed by atoms with van der Waals surface area (Å²) < 4.78 is 0. The Bertz CT molecular complexity index is 412. The van der Waals surface area contributed by atoms with E-state index >= 15 is 0 Å². The van der Waals surface area contributed by atoms with Gasteiger partial charge in [0.15, 0.2) is 0 Å². The molecule has 0 radical (unpaired) electrons. The molecule has 114 valence electrons. The molecule has 0 atom stereocenters. The Morgan fingerprint density at radius 2 is 1.80 bits per heavy atom.